The molecule has 27 heavy (non-hydrogen) atoms. The van der Waals surface area contributed by atoms with Crippen molar-refractivity contribution in [1.82, 2.24) is 4.98 Å². The van der Waals surface area contributed by atoms with E-state index in [0.29, 0.717) is 5.69 Å². The molecule has 136 valence electrons. The molecular formula is C21H16F3N3. The maximum absolute atomic E-state index is 13.5. The van der Waals surface area contributed by atoms with Crippen molar-refractivity contribution in [3.8, 4) is 28.5 Å². The summed E-state index contributed by atoms with van der Waals surface area (Å²) in [4.78, 5) is 4.24. The third kappa shape index (κ3) is 3.49. The minimum absolute atomic E-state index is 0.0701. The van der Waals surface area contributed by atoms with E-state index in [-0.39, 0.29) is 22.5 Å². The van der Waals surface area contributed by atoms with Crippen LogP contribution in [-0.4, -0.2) is 4.98 Å². The Labute approximate surface area is 154 Å². The van der Waals surface area contributed by atoms with E-state index < -0.39 is 11.7 Å². The first-order valence-electron chi connectivity index (χ1n) is 8.17. The number of alkyl halides is 3. The number of pyridine rings is 1. The number of aryl methyl sites for hydroxylation is 2. The molecule has 3 aromatic rings. The molecule has 0 saturated carbocycles. The molecular weight excluding hydrogens is 351 g/mol. The summed E-state index contributed by atoms with van der Waals surface area (Å²) in [6.45, 7) is 3.90. The number of nitrogen functional groups attached to an aromatic ring is 1. The number of nitrogens with two attached hydrogens (primary N) is 1. The van der Waals surface area contributed by atoms with Crippen molar-refractivity contribution < 1.29 is 13.2 Å². The summed E-state index contributed by atoms with van der Waals surface area (Å²) < 4.78 is 40.4. The molecule has 6 heteroatoms. The predicted molar refractivity (Wildman–Crippen MR) is 98.7 cm³/mol. The Bertz CT molecular complexity index is 1060. The molecule has 0 unspecified atom stereocenters. The van der Waals surface area contributed by atoms with E-state index in [2.05, 4.69) is 4.98 Å². The van der Waals surface area contributed by atoms with Crippen LogP contribution in [0.25, 0.3) is 22.4 Å². The summed E-state index contributed by atoms with van der Waals surface area (Å²) in [7, 11) is 0. The zero-order chi connectivity index (χ0) is 19.8. The van der Waals surface area contributed by atoms with Gasteiger partial charge < -0.3 is 5.73 Å². The number of nitrogens with zero attached hydrogens (tertiary/aromatic N) is 2. The van der Waals surface area contributed by atoms with Crippen LogP contribution in [0, 0.1) is 25.2 Å². The van der Waals surface area contributed by atoms with Crippen molar-refractivity contribution in [1.29, 1.82) is 5.26 Å². The van der Waals surface area contributed by atoms with Crippen molar-refractivity contribution in [2.24, 2.45) is 0 Å². The van der Waals surface area contributed by atoms with E-state index in [1.54, 1.807) is 0 Å². The van der Waals surface area contributed by atoms with Crippen LogP contribution in [0.4, 0.5) is 19.0 Å². The van der Waals surface area contributed by atoms with Crippen LogP contribution in [0.1, 0.15) is 22.3 Å². The summed E-state index contributed by atoms with van der Waals surface area (Å²) in [5, 5.41) is 9.44. The van der Waals surface area contributed by atoms with E-state index in [9.17, 15) is 18.4 Å². The van der Waals surface area contributed by atoms with Gasteiger partial charge in [0.05, 0.1) is 11.3 Å². The van der Waals surface area contributed by atoms with Crippen molar-refractivity contribution in [3.05, 3.63) is 70.8 Å². The molecule has 0 aliphatic heterocycles. The molecule has 0 aliphatic rings. The smallest absolute Gasteiger partial charge is 0.383 e. The van der Waals surface area contributed by atoms with Gasteiger partial charge in [-0.3, -0.25) is 0 Å². The van der Waals surface area contributed by atoms with Gasteiger partial charge in [0.1, 0.15) is 17.5 Å². The number of nitriles is 1. The number of anilines is 1. The number of benzene rings is 2. The van der Waals surface area contributed by atoms with Gasteiger partial charge >= 0.3 is 6.18 Å². The lowest BCUT2D eigenvalue weighted by atomic mass is 9.94. The standard InChI is InChI=1S/C21H16F3N3/c1-12-7-8-14(9-13(12)2)19-10-16(17(11-25)20(26)27-19)15-5-3-4-6-18(15)21(22,23)24/h3-10H,1-2H3,(H2,26,27). The van der Waals surface area contributed by atoms with Crippen LogP contribution in [0.5, 0.6) is 0 Å². The zero-order valence-electron chi connectivity index (χ0n) is 14.7. The second-order valence-corrected chi connectivity index (χ2v) is 6.27. The maximum atomic E-state index is 13.5. The van der Waals surface area contributed by atoms with Gasteiger partial charge in [0, 0.05) is 11.1 Å². The molecule has 2 aromatic carbocycles. The number of hydrogen-bond acceptors (Lipinski definition) is 3. The van der Waals surface area contributed by atoms with Gasteiger partial charge in [-0.15, -0.1) is 0 Å². The highest BCUT2D eigenvalue weighted by atomic mass is 19.4. The zero-order valence-corrected chi connectivity index (χ0v) is 14.7. The van der Waals surface area contributed by atoms with Crippen molar-refractivity contribution >= 4 is 5.82 Å². The normalized spacial score (nSPS) is 11.3. The van der Waals surface area contributed by atoms with Crippen LogP contribution in [0.15, 0.2) is 48.5 Å². The highest BCUT2D eigenvalue weighted by molar-refractivity contribution is 5.82. The van der Waals surface area contributed by atoms with E-state index in [1.807, 2.05) is 38.1 Å². The fourth-order valence-electron chi connectivity index (χ4n) is 2.91. The first-order valence-corrected chi connectivity index (χ1v) is 8.17. The summed E-state index contributed by atoms with van der Waals surface area (Å²) in [5.74, 6) is -0.0970. The van der Waals surface area contributed by atoms with Gasteiger partial charge in [-0.2, -0.15) is 18.4 Å². The number of hydrogen-bond donors (Lipinski definition) is 1. The van der Waals surface area contributed by atoms with Crippen molar-refractivity contribution in [2.75, 3.05) is 5.73 Å². The Balaban J connectivity index is 2.30. The quantitative estimate of drug-likeness (QED) is 0.650. The van der Waals surface area contributed by atoms with Crippen LogP contribution < -0.4 is 5.73 Å². The largest absolute Gasteiger partial charge is 0.417 e. The van der Waals surface area contributed by atoms with Gasteiger partial charge in [-0.25, -0.2) is 4.98 Å². The second kappa shape index (κ2) is 6.76. The predicted octanol–water partition coefficient (Wildman–Crippen LogP) is 5.51. The second-order valence-electron chi connectivity index (χ2n) is 6.27. The Morgan fingerprint density at radius 1 is 0.963 bits per heavy atom. The van der Waals surface area contributed by atoms with Crippen LogP contribution in [0.2, 0.25) is 0 Å². The van der Waals surface area contributed by atoms with E-state index >= 15 is 0 Å². The molecule has 3 nitrogen and oxygen atoms in total. The van der Waals surface area contributed by atoms with Gasteiger partial charge in [0.2, 0.25) is 0 Å². The first-order chi connectivity index (χ1) is 12.7. The molecule has 0 aliphatic carbocycles. The van der Waals surface area contributed by atoms with Crippen molar-refractivity contribution in [2.45, 2.75) is 20.0 Å². The molecule has 2 N–H and O–H groups in total. The molecule has 0 atom stereocenters. The fraction of sp³-hybridized carbons (Fsp3) is 0.143. The van der Waals surface area contributed by atoms with E-state index in [1.165, 1.54) is 24.3 Å². The summed E-state index contributed by atoms with van der Waals surface area (Å²) in [6.07, 6.45) is -4.55. The van der Waals surface area contributed by atoms with E-state index in [4.69, 9.17) is 5.73 Å². The monoisotopic (exact) mass is 367 g/mol. The average Bonchev–Trinajstić information content (AvgIpc) is 2.62. The molecule has 1 aromatic heterocycles. The first kappa shape index (κ1) is 18.5. The highest BCUT2D eigenvalue weighted by Crippen LogP contribution is 2.40. The minimum Gasteiger partial charge on any atom is -0.383 e. The van der Waals surface area contributed by atoms with Crippen LogP contribution >= 0.6 is 0 Å². The number of halogens is 3. The lowest BCUT2D eigenvalue weighted by Gasteiger charge is -2.16. The molecule has 0 radical (unpaired) electrons. The summed E-state index contributed by atoms with van der Waals surface area (Å²) in [5.41, 5.74) is 8.30. The molecule has 0 spiro atoms. The summed E-state index contributed by atoms with van der Waals surface area (Å²) in [6, 6.07) is 14.1. The van der Waals surface area contributed by atoms with Gasteiger partial charge in [0.25, 0.3) is 0 Å². The Morgan fingerprint density at radius 2 is 1.67 bits per heavy atom. The SMILES string of the molecule is Cc1ccc(-c2cc(-c3ccccc3C(F)(F)F)c(C#N)c(N)n2)cc1C. The van der Waals surface area contributed by atoms with Crippen molar-refractivity contribution in [3.63, 3.8) is 0 Å². The molecule has 1 heterocycles. The Hall–Kier alpha value is -3.33. The highest BCUT2D eigenvalue weighted by Gasteiger charge is 2.34. The third-order valence-corrected chi connectivity index (χ3v) is 4.48. The topological polar surface area (TPSA) is 62.7 Å². The van der Waals surface area contributed by atoms with E-state index in [0.717, 1.165) is 22.8 Å². The van der Waals surface area contributed by atoms with Crippen LogP contribution in [-0.2, 0) is 6.18 Å². The third-order valence-electron chi connectivity index (χ3n) is 4.48. The Kier molecular flexibility index (Phi) is 4.63. The lowest BCUT2D eigenvalue weighted by Crippen LogP contribution is -2.08. The maximum Gasteiger partial charge on any atom is 0.417 e. The Morgan fingerprint density at radius 3 is 2.30 bits per heavy atom. The molecule has 3 rings (SSSR count). The number of aromatic nitrogens is 1. The fourth-order valence-corrected chi connectivity index (χ4v) is 2.91. The van der Waals surface area contributed by atoms with Gasteiger partial charge in [-0.1, -0.05) is 30.3 Å². The molecule has 0 fully saturated rings. The molecule has 0 bridgehead atoms. The van der Waals surface area contributed by atoms with Gasteiger partial charge in [0.15, 0.2) is 0 Å². The lowest BCUT2D eigenvalue weighted by molar-refractivity contribution is -0.137. The molecule has 0 saturated heterocycles. The van der Waals surface area contributed by atoms with Gasteiger partial charge in [-0.05, 0) is 48.7 Å². The number of rotatable bonds is 2. The van der Waals surface area contributed by atoms with Crippen LogP contribution in [0.3, 0.4) is 0 Å². The minimum atomic E-state index is -4.55. The average molecular weight is 367 g/mol. The molecule has 0 amide bonds. The summed E-state index contributed by atoms with van der Waals surface area (Å²) >= 11 is 0.